The quantitative estimate of drug-likeness (QED) is 0.660. The number of nitrogens with one attached hydrogen (secondary N) is 1. The van der Waals surface area contributed by atoms with Crippen LogP contribution in [0, 0.1) is 6.92 Å². The van der Waals surface area contributed by atoms with Crippen molar-refractivity contribution in [1.82, 2.24) is 5.32 Å². The third-order valence-corrected chi connectivity index (χ3v) is 2.70. The van der Waals surface area contributed by atoms with Crippen molar-refractivity contribution in [2.45, 2.75) is 25.8 Å². The molecule has 0 aromatic heterocycles. The van der Waals surface area contributed by atoms with Crippen molar-refractivity contribution in [3.63, 3.8) is 0 Å². The van der Waals surface area contributed by atoms with Crippen LogP contribution in [0.4, 0.5) is 5.69 Å². The van der Waals surface area contributed by atoms with Gasteiger partial charge in [-0.2, -0.15) is 0 Å². The molecule has 1 fully saturated rings. The Kier molecular flexibility index (Phi) is 2.15. The molecule has 0 bridgehead atoms. The molecule has 3 heteroatoms. The number of amides is 1. The molecular formula is C11H14N2O. The Hall–Kier alpha value is -1.51. The lowest BCUT2D eigenvalue weighted by Gasteiger charge is -2.15. The Balaban J connectivity index is 2.36. The lowest BCUT2D eigenvalue weighted by Crippen LogP contribution is -2.20. The highest BCUT2D eigenvalue weighted by atomic mass is 16.1. The Labute approximate surface area is 83.3 Å². The molecule has 1 atom stereocenters. The van der Waals surface area contributed by atoms with Gasteiger partial charge < -0.3 is 11.1 Å². The van der Waals surface area contributed by atoms with Gasteiger partial charge in [-0.05, 0) is 25.0 Å². The first-order valence-corrected chi connectivity index (χ1v) is 4.83. The molecule has 0 radical (unpaired) electrons. The van der Waals surface area contributed by atoms with Gasteiger partial charge >= 0.3 is 0 Å². The van der Waals surface area contributed by atoms with Crippen molar-refractivity contribution in [1.29, 1.82) is 0 Å². The zero-order valence-electron chi connectivity index (χ0n) is 8.21. The molecule has 1 aliphatic rings. The molecule has 1 amide bonds. The molecule has 2 rings (SSSR count). The maximum atomic E-state index is 11.1. The summed E-state index contributed by atoms with van der Waals surface area (Å²) in [5.41, 5.74) is 8.90. The Morgan fingerprint density at radius 3 is 2.86 bits per heavy atom. The fraction of sp³-hybridized carbons (Fsp3) is 0.364. The van der Waals surface area contributed by atoms with Crippen molar-refractivity contribution in [2.24, 2.45) is 0 Å². The van der Waals surface area contributed by atoms with Gasteiger partial charge in [-0.15, -0.1) is 0 Å². The summed E-state index contributed by atoms with van der Waals surface area (Å²) < 4.78 is 0. The minimum Gasteiger partial charge on any atom is -0.398 e. The van der Waals surface area contributed by atoms with E-state index in [2.05, 4.69) is 5.32 Å². The molecule has 3 N–H and O–H groups in total. The molecular weight excluding hydrogens is 176 g/mol. The molecule has 0 unspecified atom stereocenters. The number of nitrogen functional groups attached to an aromatic ring is 1. The highest BCUT2D eigenvalue weighted by Crippen LogP contribution is 2.30. The number of benzene rings is 1. The van der Waals surface area contributed by atoms with Gasteiger partial charge in [0, 0.05) is 17.7 Å². The van der Waals surface area contributed by atoms with Crippen LogP contribution in [0.25, 0.3) is 0 Å². The Morgan fingerprint density at radius 1 is 1.50 bits per heavy atom. The van der Waals surface area contributed by atoms with E-state index in [9.17, 15) is 4.79 Å². The molecule has 74 valence electrons. The number of carbonyl (C=O) groups excluding carboxylic acids is 1. The van der Waals surface area contributed by atoms with Gasteiger partial charge in [0.1, 0.15) is 0 Å². The molecule has 0 aliphatic carbocycles. The van der Waals surface area contributed by atoms with Gasteiger partial charge in [0.05, 0.1) is 6.04 Å². The number of carbonyl (C=O) groups is 1. The average Bonchev–Trinajstić information content (AvgIpc) is 2.51. The van der Waals surface area contributed by atoms with Crippen LogP contribution in [-0.2, 0) is 4.79 Å². The summed E-state index contributed by atoms with van der Waals surface area (Å²) in [6.45, 7) is 2.02. The minimum absolute atomic E-state index is 0.115. The molecule has 1 heterocycles. The number of aryl methyl sites for hydroxylation is 1. The molecule has 1 aromatic rings. The van der Waals surface area contributed by atoms with E-state index in [0.717, 1.165) is 23.2 Å². The maximum absolute atomic E-state index is 11.1. The topological polar surface area (TPSA) is 55.1 Å². The number of hydrogen-bond acceptors (Lipinski definition) is 2. The standard InChI is InChI=1S/C11H14N2O/c1-7-3-2-4-8(12)11(7)9-5-6-10(14)13-9/h2-4,9H,5-6,12H2,1H3,(H,13,14)/t9-/m0/s1. The van der Waals surface area contributed by atoms with Crippen molar-refractivity contribution in [2.75, 3.05) is 5.73 Å². The van der Waals surface area contributed by atoms with E-state index in [1.54, 1.807) is 0 Å². The third kappa shape index (κ3) is 1.45. The highest BCUT2D eigenvalue weighted by molar-refractivity contribution is 5.79. The molecule has 14 heavy (non-hydrogen) atoms. The van der Waals surface area contributed by atoms with Gasteiger partial charge in [-0.3, -0.25) is 4.79 Å². The molecule has 3 nitrogen and oxygen atoms in total. The lowest BCUT2D eigenvalue weighted by atomic mass is 9.98. The smallest absolute Gasteiger partial charge is 0.220 e. The fourth-order valence-electron chi connectivity index (χ4n) is 2.01. The van der Waals surface area contributed by atoms with Crippen LogP contribution in [0.5, 0.6) is 0 Å². The second-order valence-electron chi connectivity index (χ2n) is 3.74. The Bertz CT molecular complexity index is 353. The molecule has 0 spiro atoms. The summed E-state index contributed by atoms with van der Waals surface area (Å²) in [5.74, 6) is 0.123. The number of hydrogen-bond donors (Lipinski definition) is 2. The predicted molar refractivity (Wildman–Crippen MR) is 55.7 cm³/mol. The summed E-state index contributed by atoms with van der Waals surface area (Å²) >= 11 is 0. The molecule has 1 saturated heterocycles. The van der Waals surface area contributed by atoms with Crippen LogP contribution < -0.4 is 11.1 Å². The van der Waals surface area contributed by atoms with Gasteiger partial charge in [-0.1, -0.05) is 12.1 Å². The average molecular weight is 190 g/mol. The van der Waals surface area contributed by atoms with Gasteiger partial charge in [0.2, 0.25) is 5.91 Å². The van der Waals surface area contributed by atoms with Crippen LogP contribution in [0.2, 0.25) is 0 Å². The van der Waals surface area contributed by atoms with Gasteiger partial charge in [0.25, 0.3) is 0 Å². The van der Waals surface area contributed by atoms with Crippen LogP contribution in [0.1, 0.15) is 30.0 Å². The van der Waals surface area contributed by atoms with Crippen molar-refractivity contribution in [3.05, 3.63) is 29.3 Å². The SMILES string of the molecule is Cc1cccc(N)c1[C@@H]1CCC(=O)N1. The molecule has 1 aliphatic heterocycles. The second kappa shape index (κ2) is 3.33. The number of nitrogens with two attached hydrogens (primary N) is 1. The zero-order chi connectivity index (χ0) is 10.1. The number of rotatable bonds is 1. The van der Waals surface area contributed by atoms with Gasteiger partial charge in [-0.25, -0.2) is 0 Å². The number of anilines is 1. The summed E-state index contributed by atoms with van der Waals surface area (Å²) in [7, 11) is 0. The predicted octanol–water partition coefficient (Wildman–Crippen LogP) is 1.53. The summed E-state index contributed by atoms with van der Waals surface area (Å²) in [6, 6.07) is 5.96. The summed E-state index contributed by atoms with van der Waals surface area (Å²) in [5, 5.41) is 2.93. The van der Waals surface area contributed by atoms with E-state index in [1.807, 2.05) is 25.1 Å². The van der Waals surface area contributed by atoms with Crippen molar-refractivity contribution >= 4 is 11.6 Å². The normalized spacial score (nSPS) is 20.9. The van der Waals surface area contributed by atoms with Crippen LogP contribution in [0.15, 0.2) is 18.2 Å². The van der Waals surface area contributed by atoms with Gasteiger partial charge in [0.15, 0.2) is 0 Å². The fourth-order valence-corrected chi connectivity index (χ4v) is 2.01. The largest absolute Gasteiger partial charge is 0.398 e. The van der Waals surface area contributed by atoms with E-state index < -0.39 is 0 Å². The zero-order valence-corrected chi connectivity index (χ0v) is 8.21. The second-order valence-corrected chi connectivity index (χ2v) is 3.74. The van der Waals surface area contributed by atoms with E-state index >= 15 is 0 Å². The first kappa shape index (κ1) is 9.06. The van der Waals surface area contributed by atoms with Crippen LogP contribution in [-0.4, -0.2) is 5.91 Å². The van der Waals surface area contributed by atoms with E-state index in [1.165, 1.54) is 0 Å². The maximum Gasteiger partial charge on any atom is 0.220 e. The lowest BCUT2D eigenvalue weighted by molar-refractivity contribution is -0.119. The highest BCUT2D eigenvalue weighted by Gasteiger charge is 2.24. The Morgan fingerprint density at radius 2 is 2.29 bits per heavy atom. The van der Waals surface area contributed by atoms with Crippen molar-refractivity contribution < 1.29 is 4.79 Å². The van der Waals surface area contributed by atoms with Crippen LogP contribution >= 0.6 is 0 Å². The molecule has 0 saturated carbocycles. The third-order valence-electron chi connectivity index (χ3n) is 2.70. The van der Waals surface area contributed by atoms with Crippen LogP contribution in [0.3, 0.4) is 0 Å². The first-order chi connectivity index (χ1) is 6.68. The van der Waals surface area contributed by atoms with E-state index in [-0.39, 0.29) is 11.9 Å². The summed E-state index contributed by atoms with van der Waals surface area (Å²) in [6.07, 6.45) is 1.46. The van der Waals surface area contributed by atoms with E-state index in [4.69, 9.17) is 5.73 Å². The molecule has 1 aromatic carbocycles. The monoisotopic (exact) mass is 190 g/mol. The first-order valence-electron chi connectivity index (χ1n) is 4.83. The summed E-state index contributed by atoms with van der Waals surface area (Å²) in [4.78, 5) is 11.1. The minimum atomic E-state index is 0.115. The van der Waals surface area contributed by atoms with Crippen molar-refractivity contribution in [3.8, 4) is 0 Å². The van der Waals surface area contributed by atoms with E-state index in [0.29, 0.717) is 6.42 Å².